The van der Waals surface area contributed by atoms with Crippen molar-refractivity contribution in [3.05, 3.63) is 63.0 Å². The van der Waals surface area contributed by atoms with E-state index in [1.807, 2.05) is 53.1 Å². The molecule has 94 valence electrons. The molecular weight excluding hydrogens is 296 g/mol. The number of hydrogen-bond acceptors (Lipinski definition) is 2. The molecule has 19 heavy (non-hydrogen) atoms. The van der Waals surface area contributed by atoms with Crippen molar-refractivity contribution >= 4 is 46.9 Å². The molecule has 1 heterocycles. The maximum atomic E-state index is 6.03. The fourth-order valence-corrected chi connectivity index (χ4v) is 2.90. The summed E-state index contributed by atoms with van der Waals surface area (Å²) >= 11 is 17.0. The monoisotopic (exact) mass is 304 g/mol. The molecule has 0 aliphatic rings. The van der Waals surface area contributed by atoms with E-state index in [2.05, 4.69) is 4.98 Å². The van der Waals surface area contributed by atoms with Crippen LogP contribution < -0.4 is 0 Å². The second-order valence-corrected chi connectivity index (χ2v) is 5.31. The van der Waals surface area contributed by atoms with Gasteiger partial charge in [0.25, 0.3) is 0 Å². The van der Waals surface area contributed by atoms with Crippen LogP contribution in [0.1, 0.15) is 0 Å². The Bertz CT molecular complexity index is 866. The van der Waals surface area contributed by atoms with Crippen LogP contribution in [0.5, 0.6) is 0 Å². The van der Waals surface area contributed by atoms with Crippen molar-refractivity contribution in [1.29, 1.82) is 0 Å². The molecule has 3 rings (SSSR count). The SMILES string of the molecule is S=c1[nH]c2ccc(Cl)cc2c(=S)n1-c1ccccc1. The maximum absolute atomic E-state index is 6.03. The van der Waals surface area contributed by atoms with E-state index in [0.29, 0.717) is 14.4 Å². The number of aromatic amines is 1. The Morgan fingerprint density at radius 1 is 1.00 bits per heavy atom. The molecule has 0 amide bonds. The molecular formula is C14H9ClN2S2. The first-order valence-electron chi connectivity index (χ1n) is 5.67. The van der Waals surface area contributed by atoms with Gasteiger partial charge in [-0.15, -0.1) is 0 Å². The highest BCUT2D eigenvalue weighted by molar-refractivity contribution is 7.72. The zero-order valence-electron chi connectivity index (χ0n) is 9.76. The zero-order valence-corrected chi connectivity index (χ0v) is 12.1. The van der Waals surface area contributed by atoms with E-state index < -0.39 is 0 Å². The Kier molecular flexibility index (Phi) is 3.22. The number of aromatic nitrogens is 2. The fraction of sp³-hybridized carbons (Fsp3) is 0. The fourth-order valence-electron chi connectivity index (χ4n) is 2.00. The number of hydrogen-bond donors (Lipinski definition) is 1. The summed E-state index contributed by atoms with van der Waals surface area (Å²) in [6.07, 6.45) is 0. The largest absolute Gasteiger partial charge is 0.331 e. The summed E-state index contributed by atoms with van der Waals surface area (Å²) in [5, 5.41) is 1.55. The van der Waals surface area contributed by atoms with Crippen molar-refractivity contribution in [2.45, 2.75) is 0 Å². The number of nitrogens with zero attached hydrogens (tertiary/aromatic N) is 1. The molecule has 0 aliphatic carbocycles. The average molecular weight is 305 g/mol. The van der Waals surface area contributed by atoms with Crippen LogP contribution >= 0.6 is 36.0 Å². The van der Waals surface area contributed by atoms with Gasteiger partial charge in [0.15, 0.2) is 4.77 Å². The van der Waals surface area contributed by atoms with Crippen molar-refractivity contribution < 1.29 is 0 Å². The number of nitrogens with one attached hydrogen (secondary N) is 1. The summed E-state index contributed by atoms with van der Waals surface area (Å²) in [7, 11) is 0. The minimum Gasteiger partial charge on any atom is -0.331 e. The van der Waals surface area contributed by atoms with Gasteiger partial charge in [-0.3, -0.25) is 4.57 Å². The van der Waals surface area contributed by atoms with Gasteiger partial charge in [-0.25, -0.2) is 0 Å². The van der Waals surface area contributed by atoms with Crippen LogP contribution in [0.4, 0.5) is 0 Å². The van der Waals surface area contributed by atoms with Crippen molar-refractivity contribution in [2.75, 3.05) is 0 Å². The molecule has 0 saturated heterocycles. The van der Waals surface area contributed by atoms with Gasteiger partial charge < -0.3 is 4.98 Å². The summed E-state index contributed by atoms with van der Waals surface area (Å²) in [5.41, 5.74) is 1.84. The van der Waals surface area contributed by atoms with E-state index in [4.69, 9.17) is 36.0 Å². The van der Waals surface area contributed by atoms with Crippen LogP contribution in [-0.4, -0.2) is 9.55 Å². The predicted octanol–water partition coefficient (Wildman–Crippen LogP) is 5.07. The predicted molar refractivity (Wildman–Crippen MR) is 84.3 cm³/mol. The second kappa shape index (κ2) is 4.89. The van der Waals surface area contributed by atoms with E-state index >= 15 is 0 Å². The highest BCUT2D eigenvalue weighted by Gasteiger charge is 2.04. The number of halogens is 1. The summed E-state index contributed by atoms with van der Waals surface area (Å²) in [6.45, 7) is 0. The lowest BCUT2D eigenvalue weighted by Crippen LogP contribution is -2.01. The van der Waals surface area contributed by atoms with Gasteiger partial charge >= 0.3 is 0 Å². The summed E-state index contributed by atoms with van der Waals surface area (Å²) in [5.74, 6) is 0. The second-order valence-electron chi connectivity index (χ2n) is 4.10. The summed E-state index contributed by atoms with van der Waals surface area (Å²) < 4.78 is 3.07. The molecule has 0 unspecified atom stereocenters. The van der Waals surface area contributed by atoms with Crippen molar-refractivity contribution in [3.8, 4) is 5.69 Å². The normalized spacial score (nSPS) is 10.8. The Hall–Kier alpha value is -1.49. The van der Waals surface area contributed by atoms with Gasteiger partial charge in [-0.05, 0) is 42.5 Å². The van der Waals surface area contributed by atoms with Crippen LogP contribution in [0.15, 0.2) is 48.5 Å². The Morgan fingerprint density at radius 3 is 2.47 bits per heavy atom. The molecule has 0 fully saturated rings. The van der Waals surface area contributed by atoms with E-state index in [0.717, 1.165) is 16.6 Å². The highest BCUT2D eigenvalue weighted by atomic mass is 35.5. The van der Waals surface area contributed by atoms with Gasteiger partial charge in [0.1, 0.15) is 4.64 Å². The van der Waals surface area contributed by atoms with E-state index in [1.54, 1.807) is 0 Å². The molecule has 0 aliphatic heterocycles. The van der Waals surface area contributed by atoms with Crippen molar-refractivity contribution in [3.63, 3.8) is 0 Å². The summed E-state index contributed by atoms with van der Waals surface area (Å²) in [6, 6.07) is 15.4. The Labute approximate surface area is 125 Å². The first kappa shape index (κ1) is 12.5. The topological polar surface area (TPSA) is 20.7 Å². The van der Waals surface area contributed by atoms with Gasteiger partial charge in [0.05, 0.1) is 5.52 Å². The molecule has 3 aromatic rings. The number of H-pyrrole nitrogens is 1. The minimum absolute atomic E-state index is 0.575. The number of fused-ring (bicyclic) bond motifs is 1. The number of para-hydroxylation sites is 1. The van der Waals surface area contributed by atoms with Gasteiger partial charge in [-0.2, -0.15) is 0 Å². The Morgan fingerprint density at radius 2 is 1.74 bits per heavy atom. The maximum Gasteiger partial charge on any atom is 0.183 e. The Balaban J connectivity index is 2.44. The van der Waals surface area contributed by atoms with Crippen molar-refractivity contribution in [1.82, 2.24) is 9.55 Å². The third-order valence-corrected chi connectivity index (χ3v) is 3.80. The molecule has 0 atom stereocenters. The van der Waals surface area contributed by atoms with E-state index in [1.165, 1.54) is 0 Å². The zero-order chi connectivity index (χ0) is 13.4. The van der Waals surface area contributed by atoms with Gasteiger partial charge in [0, 0.05) is 16.1 Å². The lowest BCUT2D eigenvalue weighted by atomic mass is 10.2. The number of rotatable bonds is 1. The summed E-state index contributed by atoms with van der Waals surface area (Å²) in [4.78, 5) is 3.18. The quantitative estimate of drug-likeness (QED) is 0.633. The van der Waals surface area contributed by atoms with Crippen LogP contribution in [0.2, 0.25) is 5.02 Å². The molecule has 2 aromatic carbocycles. The molecule has 0 bridgehead atoms. The smallest absolute Gasteiger partial charge is 0.183 e. The molecule has 1 aromatic heterocycles. The van der Waals surface area contributed by atoms with Gasteiger partial charge in [0.2, 0.25) is 0 Å². The third-order valence-electron chi connectivity index (χ3n) is 2.87. The minimum atomic E-state index is 0.575. The molecule has 1 N–H and O–H groups in total. The first-order chi connectivity index (χ1) is 9.16. The molecule has 5 heteroatoms. The molecule has 0 radical (unpaired) electrons. The first-order valence-corrected chi connectivity index (χ1v) is 6.86. The highest BCUT2D eigenvalue weighted by Crippen LogP contribution is 2.21. The third kappa shape index (κ3) is 2.23. The lowest BCUT2D eigenvalue weighted by Gasteiger charge is -2.09. The van der Waals surface area contributed by atoms with Crippen molar-refractivity contribution in [2.24, 2.45) is 0 Å². The molecule has 2 nitrogen and oxygen atoms in total. The molecule has 0 saturated carbocycles. The number of benzene rings is 2. The van der Waals surface area contributed by atoms with E-state index in [-0.39, 0.29) is 0 Å². The lowest BCUT2D eigenvalue weighted by molar-refractivity contribution is 0.967. The van der Waals surface area contributed by atoms with E-state index in [9.17, 15) is 0 Å². The standard InChI is InChI=1S/C14H9ClN2S2/c15-9-6-7-12-11(8-9)13(18)17(14(19)16-12)10-4-2-1-3-5-10/h1-8H,(H,16,19). The van der Waals surface area contributed by atoms with Crippen LogP contribution in [-0.2, 0) is 0 Å². The molecule has 0 spiro atoms. The van der Waals surface area contributed by atoms with Crippen LogP contribution in [0, 0.1) is 9.41 Å². The van der Waals surface area contributed by atoms with Crippen LogP contribution in [0.25, 0.3) is 16.6 Å². The van der Waals surface area contributed by atoms with Gasteiger partial charge in [-0.1, -0.05) is 42.0 Å². The van der Waals surface area contributed by atoms with Crippen LogP contribution in [0.3, 0.4) is 0 Å². The average Bonchev–Trinajstić information content (AvgIpc) is 2.41.